The molecule has 23 heavy (non-hydrogen) atoms. The van der Waals surface area contributed by atoms with E-state index in [1.807, 2.05) is 36.1 Å². The summed E-state index contributed by atoms with van der Waals surface area (Å²) in [5.74, 6) is 2.29. The summed E-state index contributed by atoms with van der Waals surface area (Å²) in [6, 6.07) is 7.80. The number of nitrogens with zero attached hydrogens (tertiary/aromatic N) is 2. The molecule has 0 unspecified atom stereocenters. The standard InChI is InChI=1S/C17H16N2O3S/c1-11-4-7-15(22-11)16-18-14(10-23-16)17(20)19(12-5-6-12)9-13-3-2-8-21-13/h2-4,7-8,10,12H,5-6,9H2,1H3. The number of rotatable bonds is 5. The Bertz CT molecular complexity index is 815. The molecule has 118 valence electrons. The lowest BCUT2D eigenvalue weighted by molar-refractivity contribution is 0.0712. The molecule has 1 fully saturated rings. The maximum Gasteiger partial charge on any atom is 0.274 e. The number of thiazole rings is 1. The number of carbonyl (C=O) groups is 1. The first kappa shape index (κ1) is 14.3. The number of carbonyl (C=O) groups excluding carboxylic acids is 1. The Hall–Kier alpha value is -2.34. The SMILES string of the molecule is Cc1ccc(-c2nc(C(=O)N(Cc3ccco3)C3CC3)cs2)o1. The van der Waals surface area contributed by atoms with Crippen molar-refractivity contribution in [3.63, 3.8) is 0 Å². The Labute approximate surface area is 137 Å². The van der Waals surface area contributed by atoms with E-state index in [0.717, 1.165) is 29.4 Å². The van der Waals surface area contributed by atoms with Crippen LogP contribution in [0.5, 0.6) is 0 Å². The van der Waals surface area contributed by atoms with Crippen molar-refractivity contribution in [1.82, 2.24) is 9.88 Å². The molecule has 1 amide bonds. The number of hydrogen-bond donors (Lipinski definition) is 0. The lowest BCUT2D eigenvalue weighted by Crippen LogP contribution is -2.32. The van der Waals surface area contributed by atoms with Gasteiger partial charge in [0.25, 0.3) is 5.91 Å². The van der Waals surface area contributed by atoms with Crippen LogP contribution >= 0.6 is 11.3 Å². The fraction of sp³-hybridized carbons (Fsp3) is 0.294. The summed E-state index contributed by atoms with van der Waals surface area (Å²) in [4.78, 5) is 19.1. The molecule has 3 aromatic heterocycles. The largest absolute Gasteiger partial charge is 0.467 e. The summed E-state index contributed by atoms with van der Waals surface area (Å²) in [6.45, 7) is 2.38. The van der Waals surface area contributed by atoms with Crippen LogP contribution in [0.4, 0.5) is 0 Å². The maximum absolute atomic E-state index is 12.8. The topological polar surface area (TPSA) is 59.5 Å². The lowest BCUT2D eigenvalue weighted by atomic mass is 10.3. The minimum Gasteiger partial charge on any atom is -0.467 e. The summed E-state index contributed by atoms with van der Waals surface area (Å²) in [5, 5.41) is 2.53. The van der Waals surface area contributed by atoms with E-state index in [9.17, 15) is 4.79 Å². The van der Waals surface area contributed by atoms with Gasteiger partial charge < -0.3 is 13.7 Å². The summed E-state index contributed by atoms with van der Waals surface area (Å²) >= 11 is 1.43. The minimum atomic E-state index is -0.0466. The molecule has 0 aliphatic heterocycles. The first-order chi connectivity index (χ1) is 11.2. The molecule has 0 spiro atoms. The molecule has 1 saturated carbocycles. The summed E-state index contributed by atoms with van der Waals surface area (Å²) < 4.78 is 11.0. The molecule has 0 atom stereocenters. The number of hydrogen-bond acceptors (Lipinski definition) is 5. The number of aryl methyl sites for hydroxylation is 1. The molecule has 0 aromatic carbocycles. The zero-order chi connectivity index (χ0) is 15.8. The molecule has 1 aliphatic rings. The highest BCUT2D eigenvalue weighted by Crippen LogP contribution is 2.31. The van der Waals surface area contributed by atoms with E-state index in [4.69, 9.17) is 8.83 Å². The molecule has 3 heterocycles. The molecule has 1 aliphatic carbocycles. The van der Waals surface area contributed by atoms with Gasteiger partial charge in [-0.1, -0.05) is 0 Å². The minimum absolute atomic E-state index is 0.0466. The fourth-order valence-electron chi connectivity index (χ4n) is 2.51. The molecule has 4 rings (SSSR count). The first-order valence-corrected chi connectivity index (χ1v) is 8.44. The molecule has 0 saturated heterocycles. The van der Waals surface area contributed by atoms with Crippen LogP contribution in [-0.2, 0) is 6.54 Å². The van der Waals surface area contributed by atoms with E-state index < -0.39 is 0 Å². The van der Waals surface area contributed by atoms with Gasteiger partial charge in [-0.3, -0.25) is 4.79 Å². The van der Waals surface area contributed by atoms with Gasteiger partial charge >= 0.3 is 0 Å². The van der Waals surface area contributed by atoms with Crippen molar-refractivity contribution < 1.29 is 13.6 Å². The molecule has 0 bridgehead atoms. The van der Waals surface area contributed by atoms with Gasteiger partial charge in [-0.15, -0.1) is 11.3 Å². The van der Waals surface area contributed by atoms with Crippen molar-refractivity contribution in [2.45, 2.75) is 32.4 Å². The third kappa shape index (κ3) is 2.94. The Morgan fingerprint density at radius 1 is 1.39 bits per heavy atom. The van der Waals surface area contributed by atoms with Crippen molar-refractivity contribution in [3.05, 3.63) is 53.1 Å². The van der Waals surface area contributed by atoms with E-state index in [2.05, 4.69) is 4.98 Å². The van der Waals surface area contributed by atoms with E-state index in [-0.39, 0.29) is 5.91 Å². The lowest BCUT2D eigenvalue weighted by Gasteiger charge is -2.20. The Morgan fingerprint density at radius 3 is 2.91 bits per heavy atom. The fourth-order valence-corrected chi connectivity index (χ4v) is 3.26. The summed E-state index contributed by atoms with van der Waals surface area (Å²) in [6.07, 6.45) is 3.71. The van der Waals surface area contributed by atoms with Gasteiger partial charge in [-0.25, -0.2) is 4.98 Å². The first-order valence-electron chi connectivity index (χ1n) is 7.56. The van der Waals surface area contributed by atoms with E-state index in [1.165, 1.54) is 11.3 Å². The van der Waals surface area contributed by atoms with E-state index in [0.29, 0.717) is 24.0 Å². The van der Waals surface area contributed by atoms with Crippen LogP contribution in [0.25, 0.3) is 10.8 Å². The molecule has 3 aromatic rings. The third-order valence-electron chi connectivity index (χ3n) is 3.83. The Kier molecular flexibility index (Phi) is 3.53. The van der Waals surface area contributed by atoms with E-state index >= 15 is 0 Å². The average molecular weight is 328 g/mol. The van der Waals surface area contributed by atoms with Crippen LogP contribution < -0.4 is 0 Å². The van der Waals surface area contributed by atoms with Gasteiger partial charge in [-0.05, 0) is 44.0 Å². The normalized spacial score (nSPS) is 14.1. The van der Waals surface area contributed by atoms with Crippen molar-refractivity contribution >= 4 is 17.2 Å². The highest BCUT2D eigenvalue weighted by Gasteiger charge is 2.34. The summed E-state index contributed by atoms with van der Waals surface area (Å²) in [7, 11) is 0. The number of amides is 1. The highest BCUT2D eigenvalue weighted by atomic mass is 32.1. The van der Waals surface area contributed by atoms with Crippen LogP contribution in [-0.4, -0.2) is 21.8 Å². The number of furan rings is 2. The van der Waals surface area contributed by atoms with Crippen molar-refractivity contribution in [1.29, 1.82) is 0 Å². The zero-order valence-electron chi connectivity index (χ0n) is 12.7. The van der Waals surface area contributed by atoms with Crippen LogP contribution in [0.1, 0.15) is 34.9 Å². The third-order valence-corrected chi connectivity index (χ3v) is 4.69. The molecule has 5 nitrogen and oxygen atoms in total. The predicted molar refractivity (Wildman–Crippen MR) is 86.2 cm³/mol. The second-order valence-corrected chi connectivity index (χ2v) is 6.55. The summed E-state index contributed by atoms with van der Waals surface area (Å²) in [5.41, 5.74) is 0.470. The van der Waals surface area contributed by atoms with Crippen molar-refractivity contribution in [2.24, 2.45) is 0 Å². The van der Waals surface area contributed by atoms with Crippen LogP contribution in [0, 0.1) is 6.92 Å². The quantitative estimate of drug-likeness (QED) is 0.707. The molecule has 0 radical (unpaired) electrons. The predicted octanol–water partition coefficient (Wildman–Crippen LogP) is 4.11. The smallest absolute Gasteiger partial charge is 0.274 e. The monoisotopic (exact) mass is 328 g/mol. The zero-order valence-corrected chi connectivity index (χ0v) is 13.5. The highest BCUT2D eigenvalue weighted by molar-refractivity contribution is 7.13. The molecule has 6 heteroatoms. The molecular weight excluding hydrogens is 312 g/mol. The van der Waals surface area contributed by atoms with Gasteiger partial charge in [0, 0.05) is 11.4 Å². The van der Waals surface area contributed by atoms with Crippen molar-refractivity contribution in [3.8, 4) is 10.8 Å². The van der Waals surface area contributed by atoms with Crippen LogP contribution in [0.15, 0.2) is 44.7 Å². The van der Waals surface area contributed by atoms with Gasteiger partial charge in [-0.2, -0.15) is 0 Å². The average Bonchev–Trinajstić information content (AvgIpc) is 2.99. The number of aromatic nitrogens is 1. The van der Waals surface area contributed by atoms with Gasteiger partial charge in [0.1, 0.15) is 17.2 Å². The second kappa shape index (κ2) is 5.70. The maximum atomic E-state index is 12.8. The van der Waals surface area contributed by atoms with E-state index in [1.54, 1.807) is 11.6 Å². The Balaban J connectivity index is 1.56. The van der Waals surface area contributed by atoms with Crippen LogP contribution in [0.2, 0.25) is 0 Å². The van der Waals surface area contributed by atoms with Gasteiger partial charge in [0.15, 0.2) is 10.8 Å². The van der Waals surface area contributed by atoms with Crippen molar-refractivity contribution in [2.75, 3.05) is 0 Å². The van der Waals surface area contributed by atoms with Gasteiger partial charge in [0.05, 0.1) is 12.8 Å². The molecule has 0 N–H and O–H groups in total. The van der Waals surface area contributed by atoms with Crippen LogP contribution in [0.3, 0.4) is 0 Å². The second-order valence-electron chi connectivity index (χ2n) is 5.69. The van der Waals surface area contributed by atoms with Gasteiger partial charge in [0.2, 0.25) is 0 Å². The molecular formula is C17H16N2O3S. The Morgan fingerprint density at radius 2 is 2.26 bits per heavy atom.